The Morgan fingerprint density at radius 3 is 2.26 bits per heavy atom. The Hall–Kier alpha value is -2.11. The number of benzene rings is 2. The Bertz CT molecular complexity index is 1090. The van der Waals surface area contributed by atoms with E-state index in [0.717, 1.165) is 11.7 Å². The molecule has 2 aromatic carbocycles. The smallest absolute Gasteiger partial charge is 0.244 e. The molecule has 142 valence electrons. The molecule has 3 rings (SSSR count). The lowest BCUT2D eigenvalue weighted by Crippen LogP contribution is -2.18. The van der Waals surface area contributed by atoms with Gasteiger partial charge in [-0.25, -0.2) is 13.1 Å². The number of nitrogens with zero attached hydrogens (tertiary/aromatic N) is 2. The molecule has 0 saturated heterocycles. The van der Waals surface area contributed by atoms with Gasteiger partial charge < -0.3 is 15.7 Å². The fourth-order valence-electron chi connectivity index (χ4n) is 2.16. The number of nitrogens with one attached hydrogen (secondary N) is 3. The number of hydrogen-bond donors (Lipinski definition) is 4. The second kappa shape index (κ2) is 7.87. The van der Waals surface area contributed by atoms with Crippen LogP contribution in [0.5, 0.6) is 5.75 Å². The molecule has 0 saturated carbocycles. The monoisotopic (exact) mass is 445 g/mol. The van der Waals surface area contributed by atoms with Crippen LogP contribution in [0.25, 0.3) is 0 Å². The first kappa shape index (κ1) is 19.6. The van der Waals surface area contributed by atoms with Gasteiger partial charge in [-0.1, -0.05) is 35.3 Å². The normalized spacial score (nSPS) is 11.4. The lowest BCUT2D eigenvalue weighted by Gasteiger charge is -2.12. The molecule has 0 bridgehead atoms. The summed E-state index contributed by atoms with van der Waals surface area (Å²) in [7, 11) is -2.56. The van der Waals surface area contributed by atoms with Gasteiger partial charge in [0.25, 0.3) is 0 Å². The summed E-state index contributed by atoms with van der Waals surface area (Å²) in [5.74, 6) is 0.183. The molecule has 0 fully saturated rings. The zero-order valence-corrected chi connectivity index (χ0v) is 16.8. The standard InChI is InChI=1S/C15H13Cl2N5O3S2/c1-18-27(24,25)11-7-3-6-10(13(11)23)20-15-14(21-26-22-15)19-9-5-2-4-8(16)12(9)17/h2-7,18,23H,1H3,(H,19,21)(H,20,22). The van der Waals surface area contributed by atoms with Crippen LogP contribution in [0.15, 0.2) is 41.3 Å². The maximum atomic E-state index is 12.0. The number of anilines is 4. The minimum Gasteiger partial charge on any atom is -0.504 e. The zero-order chi connectivity index (χ0) is 19.6. The van der Waals surface area contributed by atoms with E-state index in [2.05, 4.69) is 24.1 Å². The van der Waals surface area contributed by atoms with E-state index in [4.69, 9.17) is 23.2 Å². The van der Waals surface area contributed by atoms with E-state index < -0.39 is 15.8 Å². The van der Waals surface area contributed by atoms with Crippen molar-refractivity contribution in [3.63, 3.8) is 0 Å². The Morgan fingerprint density at radius 2 is 1.59 bits per heavy atom. The van der Waals surface area contributed by atoms with Crippen molar-refractivity contribution < 1.29 is 13.5 Å². The second-order valence-corrected chi connectivity index (χ2v) is 8.34. The number of aromatic hydroxyl groups is 1. The minimum atomic E-state index is -3.82. The molecule has 0 aliphatic carbocycles. The fraction of sp³-hybridized carbons (Fsp3) is 0.0667. The van der Waals surface area contributed by atoms with Gasteiger partial charge in [-0.15, -0.1) is 0 Å². The summed E-state index contributed by atoms with van der Waals surface area (Å²) in [6.45, 7) is 0. The van der Waals surface area contributed by atoms with Gasteiger partial charge in [-0.3, -0.25) is 0 Å². The van der Waals surface area contributed by atoms with E-state index in [1.807, 2.05) is 0 Å². The summed E-state index contributed by atoms with van der Waals surface area (Å²) < 4.78 is 34.4. The third kappa shape index (κ3) is 4.09. The molecule has 12 heteroatoms. The first-order valence-corrected chi connectivity index (χ1v) is 10.4. The van der Waals surface area contributed by atoms with E-state index >= 15 is 0 Å². The molecule has 0 aliphatic heterocycles. The van der Waals surface area contributed by atoms with Gasteiger partial charge in [0.15, 0.2) is 17.4 Å². The lowest BCUT2D eigenvalue weighted by atomic mass is 10.3. The average molecular weight is 446 g/mol. The van der Waals surface area contributed by atoms with Crippen LogP contribution in [-0.2, 0) is 10.0 Å². The number of aromatic nitrogens is 2. The van der Waals surface area contributed by atoms with Crippen LogP contribution in [-0.4, -0.2) is 29.3 Å². The summed E-state index contributed by atoms with van der Waals surface area (Å²) in [5.41, 5.74) is 0.676. The van der Waals surface area contributed by atoms with Crippen LogP contribution in [0.1, 0.15) is 0 Å². The summed E-state index contributed by atoms with van der Waals surface area (Å²) in [6.07, 6.45) is 0. The molecule has 4 N–H and O–H groups in total. The summed E-state index contributed by atoms with van der Waals surface area (Å²) in [5, 5.41) is 16.9. The van der Waals surface area contributed by atoms with Gasteiger partial charge >= 0.3 is 0 Å². The molecule has 1 aromatic heterocycles. The van der Waals surface area contributed by atoms with Crippen molar-refractivity contribution in [3.8, 4) is 5.75 Å². The van der Waals surface area contributed by atoms with Crippen molar-refractivity contribution in [2.24, 2.45) is 0 Å². The number of rotatable bonds is 6. The van der Waals surface area contributed by atoms with Gasteiger partial charge in [0.05, 0.1) is 33.1 Å². The average Bonchev–Trinajstić information content (AvgIpc) is 3.07. The van der Waals surface area contributed by atoms with Gasteiger partial charge in [0.1, 0.15) is 4.90 Å². The number of phenols is 1. The Labute approximate surface area is 169 Å². The van der Waals surface area contributed by atoms with E-state index in [0.29, 0.717) is 21.6 Å². The maximum absolute atomic E-state index is 12.0. The maximum Gasteiger partial charge on any atom is 0.244 e. The molecular formula is C15H13Cl2N5O3S2. The van der Waals surface area contributed by atoms with E-state index in [1.165, 1.54) is 25.2 Å². The summed E-state index contributed by atoms with van der Waals surface area (Å²) in [4.78, 5) is -0.259. The van der Waals surface area contributed by atoms with Gasteiger partial charge in [0, 0.05) is 0 Å². The van der Waals surface area contributed by atoms with Crippen LogP contribution >= 0.6 is 34.9 Å². The third-order valence-electron chi connectivity index (χ3n) is 3.50. The first-order chi connectivity index (χ1) is 12.8. The molecule has 27 heavy (non-hydrogen) atoms. The minimum absolute atomic E-state index is 0.152. The van der Waals surface area contributed by atoms with Crippen LogP contribution in [0.2, 0.25) is 10.0 Å². The largest absolute Gasteiger partial charge is 0.504 e. The number of hydrogen-bond acceptors (Lipinski definition) is 8. The zero-order valence-electron chi connectivity index (χ0n) is 13.7. The van der Waals surface area contributed by atoms with Crippen molar-refractivity contribution in [1.29, 1.82) is 0 Å². The molecule has 3 aromatic rings. The fourth-order valence-corrected chi connectivity index (χ4v) is 3.82. The highest BCUT2D eigenvalue weighted by Gasteiger charge is 2.20. The van der Waals surface area contributed by atoms with E-state index in [1.54, 1.807) is 18.2 Å². The van der Waals surface area contributed by atoms with Crippen LogP contribution in [0.3, 0.4) is 0 Å². The first-order valence-electron chi connectivity index (χ1n) is 7.39. The topological polar surface area (TPSA) is 116 Å². The third-order valence-corrected chi connectivity index (χ3v) is 6.30. The van der Waals surface area contributed by atoms with Crippen molar-refractivity contribution in [1.82, 2.24) is 13.5 Å². The molecule has 8 nitrogen and oxygen atoms in total. The van der Waals surface area contributed by atoms with Gasteiger partial charge in [0.2, 0.25) is 10.0 Å². The molecule has 1 heterocycles. The predicted octanol–water partition coefficient (Wildman–Crippen LogP) is 3.95. The van der Waals surface area contributed by atoms with Crippen molar-refractivity contribution in [2.45, 2.75) is 4.90 Å². The summed E-state index contributed by atoms with van der Waals surface area (Å²) >= 11 is 13.1. The Morgan fingerprint density at radius 1 is 1.00 bits per heavy atom. The second-order valence-electron chi connectivity index (χ2n) is 5.17. The Balaban J connectivity index is 1.92. The van der Waals surface area contributed by atoms with Crippen molar-refractivity contribution >= 4 is 68.0 Å². The molecule has 0 aliphatic rings. The molecule has 0 amide bonds. The molecular weight excluding hydrogens is 433 g/mol. The molecule has 0 radical (unpaired) electrons. The quantitative estimate of drug-likeness (QED) is 0.424. The number of phenolic OH excluding ortho intramolecular Hbond substituents is 1. The molecule has 0 unspecified atom stereocenters. The van der Waals surface area contributed by atoms with E-state index in [-0.39, 0.29) is 16.4 Å². The van der Waals surface area contributed by atoms with Crippen molar-refractivity contribution in [3.05, 3.63) is 46.4 Å². The van der Waals surface area contributed by atoms with Gasteiger partial charge in [-0.2, -0.15) is 8.75 Å². The van der Waals surface area contributed by atoms with E-state index in [9.17, 15) is 13.5 Å². The van der Waals surface area contributed by atoms with Gasteiger partial charge in [-0.05, 0) is 31.3 Å². The van der Waals surface area contributed by atoms with Crippen LogP contribution in [0.4, 0.5) is 23.0 Å². The Kier molecular flexibility index (Phi) is 5.72. The summed E-state index contributed by atoms with van der Waals surface area (Å²) in [6, 6.07) is 9.39. The lowest BCUT2D eigenvalue weighted by molar-refractivity contribution is 0.460. The highest BCUT2D eigenvalue weighted by molar-refractivity contribution is 7.89. The van der Waals surface area contributed by atoms with Crippen LogP contribution < -0.4 is 15.4 Å². The van der Waals surface area contributed by atoms with Crippen molar-refractivity contribution in [2.75, 3.05) is 17.7 Å². The predicted molar refractivity (Wildman–Crippen MR) is 107 cm³/mol. The molecule has 0 spiro atoms. The highest BCUT2D eigenvalue weighted by Crippen LogP contribution is 2.36. The SMILES string of the molecule is CNS(=O)(=O)c1cccc(Nc2nsnc2Nc2cccc(Cl)c2Cl)c1O. The molecule has 0 atom stereocenters. The number of para-hydroxylation sites is 1. The number of sulfonamides is 1. The highest BCUT2D eigenvalue weighted by atomic mass is 35.5. The number of halogens is 2. The van der Waals surface area contributed by atoms with Crippen LogP contribution in [0, 0.1) is 0 Å².